The number of aliphatic hydroxyl groups excluding tert-OH is 1. The van der Waals surface area contributed by atoms with Crippen LogP contribution in [0.2, 0.25) is 0 Å². The van der Waals surface area contributed by atoms with Gasteiger partial charge in [-0.1, -0.05) is 6.92 Å². The summed E-state index contributed by atoms with van der Waals surface area (Å²) in [4.78, 5) is 10.0. The molecule has 0 spiro atoms. The first kappa shape index (κ1) is 12.7. The van der Waals surface area contributed by atoms with E-state index in [4.69, 9.17) is 5.73 Å². The van der Waals surface area contributed by atoms with Crippen LogP contribution in [0, 0.1) is 0 Å². The summed E-state index contributed by atoms with van der Waals surface area (Å²) in [7, 11) is 3.73. The molecule has 1 rings (SSSR count). The minimum absolute atomic E-state index is 0.0398. The predicted octanol–water partition coefficient (Wildman–Crippen LogP) is -0.232. The molecule has 90 valence electrons. The quantitative estimate of drug-likeness (QED) is 0.641. The van der Waals surface area contributed by atoms with Crippen molar-refractivity contribution in [2.45, 2.75) is 13.0 Å². The molecule has 0 fully saturated rings. The van der Waals surface area contributed by atoms with E-state index in [1.807, 2.05) is 25.9 Å². The van der Waals surface area contributed by atoms with E-state index >= 15 is 0 Å². The highest BCUT2D eigenvalue weighted by Crippen LogP contribution is 2.24. The Morgan fingerprint density at radius 3 is 2.69 bits per heavy atom. The molecule has 4 N–H and O–H groups in total. The molecule has 0 aliphatic heterocycles. The number of nitrogens with zero attached hydrogens (tertiary/aromatic N) is 3. The highest BCUT2D eigenvalue weighted by Gasteiger charge is 2.17. The largest absolute Gasteiger partial charge is 0.394 e. The number of nitrogen functional groups attached to an aromatic ring is 1. The molecular weight excluding hydrogens is 206 g/mol. The normalized spacial score (nSPS) is 12.5. The van der Waals surface area contributed by atoms with Gasteiger partial charge in [0.15, 0.2) is 5.82 Å². The summed E-state index contributed by atoms with van der Waals surface area (Å²) >= 11 is 0. The van der Waals surface area contributed by atoms with E-state index in [1.165, 1.54) is 6.33 Å². The Bertz CT molecular complexity index is 342. The first-order chi connectivity index (χ1) is 7.61. The molecule has 1 heterocycles. The summed E-state index contributed by atoms with van der Waals surface area (Å²) in [6.45, 7) is 2.67. The zero-order valence-corrected chi connectivity index (χ0v) is 9.94. The van der Waals surface area contributed by atoms with Gasteiger partial charge in [-0.3, -0.25) is 0 Å². The Hall–Kier alpha value is -1.40. The highest BCUT2D eigenvalue weighted by molar-refractivity contribution is 5.64. The van der Waals surface area contributed by atoms with Gasteiger partial charge >= 0.3 is 0 Å². The third-order valence-electron chi connectivity index (χ3n) is 2.28. The second kappa shape index (κ2) is 5.62. The van der Waals surface area contributed by atoms with Gasteiger partial charge in [0.05, 0.1) is 24.0 Å². The van der Waals surface area contributed by atoms with Gasteiger partial charge in [0.25, 0.3) is 0 Å². The van der Waals surface area contributed by atoms with Gasteiger partial charge in [-0.2, -0.15) is 0 Å². The lowest BCUT2D eigenvalue weighted by Gasteiger charge is -2.20. The van der Waals surface area contributed by atoms with Crippen molar-refractivity contribution in [1.29, 1.82) is 0 Å². The first-order valence-electron chi connectivity index (χ1n) is 5.23. The van der Waals surface area contributed by atoms with E-state index in [0.29, 0.717) is 17.2 Å². The van der Waals surface area contributed by atoms with Crippen molar-refractivity contribution < 1.29 is 5.11 Å². The third kappa shape index (κ3) is 2.59. The highest BCUT2D eigenvalue weighted by atomic mass is 16.3. The molecule has 0 aromatic carbocycles. The molecule has 1 aromatic heterocycles. The standard InChI is InChI=1S/C10H19N5O/c1-4-12-7(5-16)9-8(11)10(15(2)3)14-6-13-9/h6-7,12,16H,4-5,11H2,1-3H3. The Kier molecular flexibility index (Phi) is 4.45. The van der Waals surface area contributed by atoms with E-state index in [1.54, 1.807) is 0 Å². The van der Waals surface area contributed by atoms with Crippen molar-refractivity contribution in [3.63, 3.8) is 0 Å². The molecule has 6 nitrogen and oxygen atoms in total. The van der Waals surface area contributed by atoms with Crippen molar-refractivity contribution in [2.24, 2.45) is 0 Å². The van der Waals surface area contributed by atoms with E-state index in [0.717, 1.165) is 6.54 Å². The Labute approximate surface area is 95.5 Å². The maximum Gasteiger partial charge on any atom is 0.155 e. The minimum Gasteiger partial charge on any atom is -0.394 e. The Balaban J connectivity index is 3.08. The van der Waals surface area contributed by atoms with E-state index in [2.05, 4.69) is 15.3 Å². The molecule has 0 amide bonds. The van der Waals surface area contributed by atoms with Gasteiger partial charge in [-0.25, -0.2) is 9.97 Å². The van der Waals surface area contributed by atoms with E-state index in [9.17, 15) is 5.11 Å². The Morgan fingerprint density at radius 1 is 1.50 bits per heavy atom. The predicted molar refractivity (Wildman–Crippen MR) is 64.3 cm³/mol. The number of nitrogens with one attached hydrogen (secondary N) is 1. The van der Waals surface area contributed by atoms with Crippen LogP contribution in [0.4, 0.5) is 11.5 Å². The lowest BCUT2D eigenvalue weighted by Crippen LogP contribution is -2.27. The topological polar surface area (TPSA) is 87.3 Å². The van der Waals surface area contributed by atoms with Gasteiger partial charge in [0.2, 0.25) is 0 Å². The van der Waals surface area contributed by atoms with E-state index < -0.39 is 0 Å². The number of hydrogen-bond acceptors (Lipinski definition) is 6. The van der Waals surface area contributed by atoms with Crippen LogP contribution in [0.3, 0.4) is 0 Å². The zero-order chi connectivity index (χ0) is 12.1. The lowest BCUT2D eigenvalue weighted by atomic mass is 10.1. The van der Waals surface area contributed by atoms with Crippen molar-refractivity contribution in [2.75, 3.05) is 37.9 Å². The van der Waals surface area contributed by atoms with Crippen molar-refractivity contribution in [1.82, 2.24) is 15.3 Å². The monoisotopic (exact) mass is 225 g/mol. The number of anilines is 2. The maximum atomic E-state index is 9.27. The fraction of sp³-hybridized carbons (Fsp3) is 0.600. The van der Waals surface area contributed by atoms with Crippen LogP contribution < -0.4 is 16.0 Å². The Morgan fingerprint density at radius 2 is 2.19 bits per heavy atom. The molecule has 1 atom stereocenters. The number of aliphatic hydroxyl groups is 1. The fourth-order valence-electron chi connectivity index (χ4n) is 1.53. The van der Waals surface area contributed by atoms with Crippen molar-refractivity contribution in [3.05, 3.63) is 12.0 Å². The van der Waals surface area contributed by atoms with Crippen molar-refractivity contribution in [3.8, 4) is 0 Å². The molecule has 16 heavy (non-hydrogen) atoms. The summed E-state index contributed by atoms with van der Waals surface area (Å²) in [5.74, 6) is 0.668. The van der Waals surface area contributed by atoms with Gasteiger partial charge < -0.3 is 21.1 Å². The van der Waals surface area contributed by atoms with Crippen molar-refractivity contribution >= 4 is 11.5 Å². The summed E-state index contributed by atoms with van der Waals surface area (Å²) in [6.07, 6.45) is 1.46. The molecule has 0 radical (unpaired) electrons. The molecule has 0 bridgehead atoms. The zero-order valence-electron chi connectivity index (χ0n) is 9.94. The molecular formula is C10H19N5O. The SMILES string of the molecule is CCNC(CO)c1ncnc(N(C)C)c1N. The number of hydrogen-bond donors (Lipinski definition) is 3. The smallest absolute Gasteiger partial charge is 0.155 e. The second-order valence-corrected chi connectivity index (χ2v) is 3.68. The summed E-state index contributed by atoms with van der Waals surface area (Å²) < 4.78 is 0. The van der Waals surface area contributed by atoms with Crippen LogP contribution in [0.15, 0.2) is 6.33 Å². The first-order valence-corrected chi connectivity index (χ1v) is 5.23. The van der Waals surface area contributed by atoms with Gasteiger partial charge in [-0.05, 0) is 6.54 Å². The van der Waals surface area contributed by atoms with Crippen LogP contribution in [-0.4, -0.2) is 42.3 Å². The average molecular weight is 225 g/mol. The number of nitrogens with two attached hydrogens (primary N) is 1. The summed E-state index contributed by atoms with van der Waals surface area (Å²) in [6, 6.07) is -0.244. The lowest BCUT2D eigenvalue weighted by molar-refractivity contribution is 0.244. The van der Waals surface area contributed by atoms with Crippen LogP contribution in [-0.2, 0) is 0 Å². The van der Waals surface area contributed by atoms with Gasteiger partial charge in [0, 0.05) is 14.1 Å². The van der Waals surface area contributed by atoms with Crippen LogP contribution in [0.1, 0.15) is 18.7 Å². The fourth-order valence-corrected chi connectivity index (χ4v) is 1.53. The molecule has 1 aromatic rings. The summed E-state index contributed by atoms with van der Waals surface area (Å²) in [5.41, 5.74) is 7.12. The molecule has 0 aliphatic rings. The van der Waals surface area contributed by atoms with Crippen LogP contribution in [0.5, 0.6) is 0 Å². The molecule has 0 aliphatic carbocycles. The molecule has 1 unspecified atom stereocenters. The maximum absolute atomic E-state index is 9.27. The van der Waals surface area contributed by atoms with Crippen LogP contribution >= 0.6 is 0 Å². The van der Waals surface area contributed by atoms with Gasteiger partial charge in [0.1, 0.15) is 6.33 Å². The van der Waals surface area contributed by atoms with Gasteiger partial charge in [-0.15, -0.1) is 0 Å². The molecule has 6 heteroatoms. The summed E-state index contributed by atoms with van der Waals surface area (Å²) in [5, 5.41) is 12.4. The van der Waals surface area contributed by atoms with Crippen LogP contribution in [0.25, 0.3) is 0 Å². The average Bonchev–Trinajstić information content (AvgIpc) is 2.26. The molecule has 0 saturated carbocycles. The minimum atomic E-state index is -0.244. The van der Waals surface area contributed by atoms with E-state index in [-0.39, 0.29) is 12.6 Å². The number of rotatable bonds is 5. The molecule has 0 saturated heterocycles. The second-order valence-electron chi connectivity index (χ2n) is 3.68. The number of likely N-dealkylation sites (N-methyl/N-ethyl adjacent to an activating group) is 1. The third-order valence-corrected chi connectivity index (χ3v) is 2.28. The number of aromatic nitrogens is 2.